The molecule has 0 saturated heterocycles. The second kappa shape index (κ2) is 7.45. The molecule has 1 amide bonds. The summed E-state index contributed by atoms with van der Waals surface area (Å²) in [6, 6.07) is 3.55. The predicted molar refractivity (Wildman–Crippen MR) is 104 cm³/mol. The molecule has 0 unspecified atom stereocenters. The van der Waals surface area contributed by atoms with Crippen LogP contribution in [0.25, 0.3) is 21.8 Å². The smallest absolute Gasteiger partial charge is 0.261 e. The highest BCUT2D eigenvalue weighted by atomic mass is 32.1. The number of fused-ring (bicyclic) bond motifs is 1. The lowest BCUT2D eigenvalue weighted by atomic mass is 10.0. The SMILES string of the molecule is Cc1c(C(=O)N[C@H](C)CCC(C)C)sc2nc(-c3ccco3)[nH]c(=O)c12. The van der Waals surface area contributed by atoms with E-state index in [2.05, 4.69) is 29.1 Å². The Balaban J connectivity index is 1.90. The van der Waals surface area contributed by atoms with Crippen molar-refractivity contribution in [2.24, 2.45) is 5.92 Å². The molecule has 0 aromatic carbocycles. The third-order valence-corrected chi connectivity index (χ3v) is 5.50. The largest absolute Gasteiger partial charge is 0.461 e. The van der Waals surface area contributed by atoms with Crippen molar-refractivity contribution >= 4 is 27.5 Å². The fourth-order valence-electron chi connectivity index (χ4n) is 2.84. The molecule has 0 fully saturated rings. The quantitative estimate of drug-likeness (QED) is 0.681. The van der Waals surface area contributed by atoms with Gasteiger partial charge in [-0.15, -0.1) is 11.3 Å². The average molecular weight is 373 g/mol. The van der Waals surface area contributed by atoms with Crippen molar-refractivity contribution in [1.29, 1.82) is 0 Å². The van der Waals surface area contributed by atoms with E-state index in [4.69, 9.17) is 4.42 Å². The Labute approximate surface area is 155 Å². The van der Waals surface area contributed by atoms with E-state index in [0.717, 1.165) is 12.8 Å². The Kier molecular flexibility index (Phi) is 5.27. The number of rotatable bonds is 6. The molecule has 0 aliphatic heterocycles. The molecule has 3 aromatic heterocycles. The lowest BCUT2D eigenvalue weighted by Crippen LogP contribution is -2.32. The zero-order valence-corrected chi connectivity index (χ0v) is 16.2. The van der Waals surface area contributed by atoms with Crippen LogP contribution in [0, 0.1) is 12.8 Å². The monoisotopic (exact) mass is 373 g/mol. The number of aromatic nitrogens is 2. The van der Waals surface area contributed by atoms with Crippen molar-refractivity contribution in [1.82, 2.24) is 15.3 Å². The van der Waals surface area contributed by atoms with Gasteiger partial charge in [0, 0.05) is 6.04 Å². The van der Waals surface area contributed by atoms with E-state index in [1.165, 1.54) is 17.6 Å². The van der Waals surface area contributed by atoms with E-state index >= 15 is 0 Å². The molecule has 0 aliphatic rings. The number of carbonyl (C=O) groups is 1. The number of furan rings is 1. The van der Waals surface area contributed by atoms with Crippen LogP contribution in [-0.2, 0) is 0 Å². The number of nitrogens with zero attached hydrogens (tertiary/aromatic N) is 1. The molecule has 2 N–H and O–H groups in total. The minimum Gasteiger partial charge on any atom is -0.461 e. The van der Waals surface area contributed by atoms with Crippen molar-refractivity contribution < 1.29 is 9.21 Å². The van der Waals surface area contributed by atoms with E-state index < -0.39 is 0 Å². The maximum absolute atomic E-state index is 12.7. The fourth-order valence-corrected chi connectivity index (χ4v) is 3.92. The molecule has 3 aromatic rings. The van der Waals surface area contributed by atoms with Gasteiger partial charge in [0.25, 0.3) is 11.5 Å². The highest BCUT2D eigenvalue weighted by molar-refractivity contribution is 7.20. The van der Waals surface area contributed by atoms with Crippen LogP contribution in [0.1, 0.15) is 48.8 Å². The zero-order chi connectivity index (χ0) is 18.8. The van der Waals surface area contributed by atoms with E-state index in [0.29, 0.717) is 38.2 Å². The first-order chi connectivity index (χ1) is 12.4. The number of aryl methyl sites for hydroxylation is 1. The van der Waals surface area contributed by atoms with Gasteiger partial charge >= 0.3 is 0 Å². The van der Waals surface area contributed by atoms with Crippen LogP contribution >= 0.6 is 11.3 Å². The third-order valence-electron chi connectivity index (χ3n) is 4.32. The van der Waals surface area contributed by atoms with Crippen LogP contribution in [0.2, 0.25) is 0 Å². The summed E-state index contributed by atoms with van der Waals surface area (Å²) in [4.78, 5) is 33.4. The molecule has 0 spiro atoms. The van der Waals surface area contributed by atoms with Gasteiger partial charge in [0.05, 0.1) is 16.5 Å². The number of H-pyrrole nitrogens is 1. The number of hydrogen-bond donors (Lipinski definition) is 2. The summed E-state index contributed by atoms with van der Waals surface area (Å²) in [5.41, 5.74) is 0.403. The number of aromatic amines is 1. The number of nitrogens with one attached hydrogen (secondary N) is 2. The molecule has 0 aliphatic carbocycles. The van der Waals surface area contributed by atoms with Crippen LogP contribution in [-0.4, -0.2) is 21.9 Å². The topological polar surface area (TPSA) is 88.0 Å². The standard InChI is InChI=1S/C19H23N3O3S/c1-10(2)7-8-11(3)20-18(24)15-12(4)14-17(23)21-16(22-19(14)26-15)13-6-5-9-25-13/h5-6,9-11H,7-8H2,1-4H3,(H,20,24)(H,21,22,23)/t11-/m1/s1. The van der Waals surface area contributed by atoms with Gasteiger partial charge in [-0.25, -0.2) is 4.98 Å². The molecule has 3 rings (SSSR count). The summed E-state index contributed by atoms with van der Waals surface area (Å²) in [6.45, 7) is 8.12. The maximum atomic E-state index is 12.7. The van der Waals surface area contributed by atoms with Crippen molar-refractivity contribution in [2.75, 3.05) is 0 Å². The summed E-state index contributed by atoms with van der Waals surface area (Å²) in [5.74, 6) is 1.30. The first kappa shape index (κ1) is 18.4. The number of thiophene rings is 1. The Morgan fingerprint density at radius 2 is 2.12 bits per heavy atom. The third kappa shape index (κ3) is 3.72. The first-order valence-electron chi connectivity index (χ1n) is 8.75. The lowest BCUT2D eigenvalue weighted by Gasteiger charge is -2.14. The van der Waals surface area contributed by atoms with Gasteiger partial charge in [-0.2, -0.15) is 0 Å². The Hall–Kier alpha value is -2.41. The lowest BCUT2D eigenvalue weighted by molar-refractivity contribution is 0.0941. The van der Waals surface area contributed by atoms with Gasteiger partial charge in [-0.1, -0.05) is 13.8 Å². The van der Waals surface area contributed by atoms with Gasteiger partial charge in [0.2, 0.25) is 0 Å². The summed E-state index contributed by atoms with van der Waals surface area (Å²) in [7, 11) is 0. The van der Waals surface area contributed by atoms with Crippen LogP contribution in [0.4, 0.5) is 0 Å². The second-order valence-electron chi connectivity index (χ2n) is 6.97. The molecule has 1 atom stereocenters. The van der Waals surface area contributed by atoms with Crippen molar-refractivity contribution in [2.45, 2.75) is 46.6 Å². The highest BCUT2D eigenvalue weighted by Gasteiger charge is 2.21. The van der Waals surface area contributed by atoms with Crippen molar-refractivity contribution in [3.05, 3.63) is 39.2 Å². The van der Waals surface area contributed by atoms with Crippen LogP contribution in [0.3, 0.4) is 0 Å². The molecule has 26 heavy (non-hydrogen) atoms. The van der Waals surface area contributed by atoms with E-state index in [1.807, 2.05) is 6.92 Å². The minimum absolute atomic E-state index is 0.0828. The molecule has 0 saturated carbocycles. The van der Waals surface area contributed by atoms with E-state index in [9.17, 15) is 9.59 Å². The predicted octanol–water partition coefficient (Wildman–Crippen LogP) is 4.11. The Morgan fingerprint density at radius 3 is 2.77 bits per heavy atom. The summed E-state index contributed by atoms with van der Waals surface area (Å²) < 4.78 is 5.30. The molecule has 6 nitrogen and oxygen atoms in total. The molecule has 0 radical (unpaired) electrons. The summed E-state index contributed by atoms with van der Waals surface area (Å²) >= 11 is 1.24. The van der Waals surface area contributed by atoms with Crippen molar-refractivity contribution in [3.63, 3.8) is 0 Å². The van der Waals surface area contributed by atoms with Crippen LogP contribution < -0.4 is 10.9 Å². The van der Waals surface area contributed by atoms with Crippen LogP contribution in [0.5, 0.6) is 0 Å². The van der Waals surface area contributed by atoms with Gasteiger partial charge in [-0.3, -0.25) is 9.59 Å². The zero-order valence-electron chi connectivity index (χ0n) is 15.4. The van der Waals surface area contributed by atoms with Gasteiger partial charge < -0.3 is 14.7 Å². The molecular weight excluding hydrogens is 350 g/mol. The Morgan fingerprint density at radius 1 is 1.35 bits per heavy atom. The molecule has 3 heterocycles. The molecular formula is C19H23N3O3S. The number of amides is 1. The summed E-state index contributed by atoms with van der Waals surface area (Å²) in [6.07, 6.45) is 3.51. The normalized spacial score (nSPS) is 12.7. The molecule has 0 bridgehead atoms. The Bertz CT molecular complexity index is 970. The van der Waals surface area contributed by atoms with E-state index in [1.54, 1.807) is 19.1 Å². The van der Waals surface area contributed by atoms with Crippen LogP contribution in [0.15, 0.2) is 27.6 Å². The van der Waals surface area contributed by atoms with Gasteiger partial charge in [-0.05, 0) is 50.3 Å². The van der Waals surface area contributed by atoms with E-state index in [-0.39, 0.29) is 17.5 Å². The molecule has 138 valence electrons. The van der Waals surface area contributed by atoms with Crippen molar-refractivity contribution in [3.8, 4) is 11.6 Å². The number of carbonyl (C=O) groups excluding carboxylic acids is 1. The average Bonchev–Trinajstić information content (AvgIpc) is 3.21. The molecule has 7 heteroatoms. The highest BCUT2D eigenvalue weighted by Crippen LogP contribution is 2.28. The maximum Gasteiger partial charge on any atom is 0.261 e. The minimum atomic E-state index is -0.262. The first-order valence-corrected chi connectivity index (χ1v) is 9.56. The fraction of sp³-hybridized carbons (Fsp3) is 0.421. The van der Waals surface area contributed by atoms with Gasteiger partial charge in [0.15, 0.2) is 11.6 Å². The second-order valence-corrected chi connectivity index (χ2v) is 7.97. The summed E-state index contributed by atoms with van der Waals surface area (Å²) in [5, 5.41) is 3.49. The number of hydrogen-bond acceptors (Lipinski definition) is 5. The van der Waals surface area contributed by atoms with Gasteiger partial charge in [0.1, 0.15) is 4.83 Å².